The van der Waals surface area contributed by atoms with E-state index < -0.39 is 18.2 Å². The molecule has 1 amide bonds. The molecule has 0 radical (unpaired) electrons. The number of carbonyl (C=O) groups excluding carboxylic acids is 1. The third-order valence-corrected chi connectivity index (χ3v) is 5.80. The van der Waals surface area contributed by atoms with E-state index in [4.69, 9.17) is 14.6 Å². The first-order valence-electron chi connectivity index (χ1n) is 12.4. The molecule has 8 nitrogen and oxygen atoms in total. The van der Waals surface area contributed by atoms with Crippen LogP contribution < -0.4 is 11.0 Å². The van der Waals surface area contributed by atoms with Gasteiger partial charge in [-0.15, -0.1) is 0 Å². The van der Waals surface area contributed by atoms with Crippen LogP contribution in [0.4, 0.5) is 5.82 Å². The average molecular weight is 452 g/mol. The van der Waals surface area contributed by atoms with Crippen LogP contribution >= 0.6 is 0 Å². The lowest BCUT2D eigenvalue weighted by molar-refractivity contribution is -0.116. The summed E-state index contributed by atoms with van der Waals surface area (Å²) in [5, 5.41) is 11.7. The van der Waals surface area contributed by atoms with Crippen molar-refractivity contribution in [3.05, 3.63) is 22.7 Å². The van der Waals surface area contributed by atoms with E-state index in [1.807, 2.05) is 0 Å². The molecule has 0 aromatic carbocycles. The fraction of sp³-hybridized carbons (Fsp3) is 0.792. The largest absolute Gasteiger partial charge is 0.391 e. The molecule has 1 aliphatic heterocycles. The molecule has 0 aliphatic carbocycles. The first kappa shape index (κ1) is 26.5. The van der Waals surface area contributed by atoms with E-state index in [1.54, 1.807) is 6.07 Å². The van der Waals surface area contributed by atoms with Crippen LogP contribution in [0.25, 0.3) is 0 Å². The van der Waals surface area contributed by atoms with Gasteiger partial charge in [-0.1, -0.05) is 84.0 Å². The molecule has 32 heavy (non-hydrogen) atoms. The Balaban J connectivity index is 1.51. The molecule has 0 unspecified atom stereocenters. The third kappa shape index (κ3) is 10.2. The van der Waals surface area contributed by atoms with Gasteiger partial charge in [-0.2, -0.15) is 4.98 Å². The van der Waals surface area contributed by atoms with E-state index in [0.29, 0.717) is 6.42 Å². The lowest BCUT2D eigenvalue weighted by Crippen LogP contribution is -2.29. The second-order valence-electron chi connectivity index (χ2n) is 8.58. The van der Waals surface area contributed by atoms with Crippen molar-refractivity contribution in [2.24, 2.45) is 0 Å². The summed E-state index contributed by atoms with van der Waals surface area (Å²) in [6.45, 7) is 2.15. The summed E-state index contributed by atoms with van der Waals surface area (Å²) in [6, 6.07) is 1.57. The lowest BCUT2D eigenvalue weighted by atomic mass is 10.0. The van der Waals surface area contributed by atoms with Crippen LogP contribution in [0.3, 0.4) is 0 Å². The van der Waals surface area contributed by atoms with Crippen LogP contribution in [0.2, 0.25) is 0 Å². The zero-order valence-corrected chi connectivity index (χ0v) is 19.6. The van der Waals surface area contributed by atoms with Gasteiger partial charge in [0, 0.05) is 12.6 Å². The topological polar surface area (TPSA) is 103 Å². The number of hydrogen-bond donors (Lipinski definition) is 2. The van der Waals surface area contributed by atoms with Gasteiger partial charge in [0.05, 0.1) is 13.2 Å². The molecule has 1 saturated heterocycles. The summed E-state index contributed by atoms with van der Waals surface area (Å²) in [5.74, 6) is 0.113. The van der Waals surface area contributed by atoms with Gasteiger partial charge >= 0.3 is 5.69 Å². The lowest BCUT2D eigenvalue weighted by Gasteiger charge is -2.12. The molecule has 0 spiro atoms. The van der Waals surface area contributed by atoms with E-state index >= 15 is 0 Å². The van der Waals surface area contributed by atoms with Crippen LogP contribution in [-0.2, 0) is 14.3 Å². The van der Waals surface area contributed by atoms with E-state index in [9.17, 15) is 9.59 Å². The van der Waals surface area contributed by atoms with E-state index in [1.165, 1.54) is 75.0 Å². The minimum Gasteiger partial charge on any atom is -0.391 e. The molecular formula is C24H41N3O5. The molecule has 2 N–H and O–H groups in total. The van der Waals surface area contributed by atoms with Crippen molar-refractivity contribution in [2.75, 3.05) is 18.5 Å². The molecule has 1 fully saturated rings. The highest BCUT2D eigenvalue weighted by atomic mass is 16.7. The summed E-state index contributed by atoms with van der Waals surface area (Å²) in [4.78, 5) is 28.2. The van der Waals surface area contributed by atoms with Crippen LogP contribution in [-0.4, -0.2) is 40.1 Å². The second kappa shape index (κ2) is 15.9. The van der Waals surface area contributed by atoms with Crippen molar-refractivity contribution in [3.63, 3.8) is 0 Å². The summed E-state index contributed by atoms with van der Waals surface area (Å²) in [6.07, 6.45) is 17.1. The number of aliphatic hydroxyl groups is 1. The van der Waals surface area contributed by atoms with Crippen molar-refractivity contribution in [2.45, 2.75) is 109 Å². The maximum atomic E-state index is 12.2. The molecule has 1 aromatic rings. The molecule has 2 heterocycles. The van der Waals surface area contributed by atoms with Gasteiger partial charge in [-0.25, -0.2) is 4.79 Å². The number of rotatable bonds is 17. The standard InChI is InChI=1S/C24H41N3O5/c1-2-3-4-5-6-7-8-9-10-11-12-13-14-15-21(29)25-20-16-17-27(24(30)26-20)22-19-31-23(18-28)32-22/h16-17,22-23,28H,2-15,18-19H2,1H3,(H,25,26,29,30)/t22-,23-/m0/s1. The Morgan fingerprint density at radius 2 is 1.66 bits per heavy atom. The Kier molecular flexibility index (Phi) is 13.2. The van der Waals surface area contributed by atoms with Gasteiger partial charge in [-0.3, -0.25) is 9.36 Å². The van der Waals surface area contributed by atoms with Crippen molar-refractivity contribution in [3.8, 4) is 0 Å². The summed E-state index contributed by atoms with van der Waals surface area (Å²) >= 11 is 0. The fourth-order valence-corrected chi connectivity index (χ4v) is 3.90. The Bertz CT molecular complexity index is 709. The highest BCUT2D eigenvalue weighted by molar-refractivity contribution is 5.89. The fourth-order valence-electron chi connectivity index (χ4n) is 3.90. The van der Waals surface area contributed by atoms with Crippen molar-refractivity contribution >= 4 is 11.7 Å². The van der Waals surface area contributed by atoms with Crippen molar-refractivity contribution in [1.82, 2.24) is 9.55 Å². The minimum absolute atomic E-state index is 0.126. The minimum atomic E-state index is -0.730. The van der Waals surface area contributed by atoms with Crippen molar-refractivity contribution in [1.29, 1.82) is 0 Å². The molecule has 1 aromatic heterocycles. The number of aliphatic hydroxyl groups excluding tert-OH is 1. The predicted molar refractivity (Wildman–Crippen MR) is 124 cm³/mol. The van der Waals surface area contributed by atoms with Gasteiger partial charge in [0.1, 0.15) is 5.82 Å². The van der Waals surface area contributed by atoms with Crippen LogP contribution in [0.1, 0.15) is 103 Å². The first-order valence-corrected chi connectivity index (χ1v) is 12.4. The maximum absolute atomic E-state index is 12.2. The molecule has 1 aliphatic rings. The number of ether oxygens (including phenoxy) is 2. The van der Waals surface area contributed by atoms with E-state index in [-0.39, 0.29) is 24.9 Å². The van der Waals surface area contributed by atoms with E-state index in [2.05, 4.69) is 17.2 Å². The number of amides is 1. The van der Waals surface area contributed by atoms with E-state index in [0.717, 1.165) is 19.3 Å². The normalized spacial score (nSPS) is 18.2. The molecule has 0 bridgehead atoms. The highest BCUT2D eigenvalue weighted by Gasteiger charge is 2.27. The average Bonchev–Trinajstić information content (AvgIpc) is 3.26. The van der Waals surface area contributed by atoms with Crippen molar-refractivity contribution < 1.29 is 19.4 Å². The van der Waals surface area contributed by atoms with Crippen LogP contribution in [0.5, 0.6) is 0 Å². The monoisotopic (exact) mass is 451 g/mol. The quantitative estimate of drug-likeness (QED) is 0.337. The Morgan fingerprint density at radius 1 is 1.06 bits per heavy atom. The number of carbonyl (C=O) groups is 1. The first-order chi connectivity index (χ1) is 15.6. The van der Waals surface area contributed by atoms with Gasteiger partial charge < -0.3 is 19.9 Å². The van der Waals surface area contributed by atoms with Gasteiger partial charge in [0.25, 0.3) is 0 Å². The number of nitrogens with one attached hydrogen (secondary N) is 1. The Labute approximate surface area is 191 Å². The highest BCUT2D eigenvalue weighted by Crippen LogP contribution is 2.19. The molecular weight excluding hydrogens is 410 g/mol. The number of unbranched alkanes of at least 4 members (excludes halogenated alkanes) is 12. The summed E-state index contributed by atoms with van der Waals surface area (Å²) in [7, 11) is 0. The van der Waals surface area contributed by atoms with Gasteiger partial charge in [0.15, 0.2) is 12.5 Å². The Morgan fingerprint density at radius 3 is 2.19 bits per heavy atom. The third-order valence-electron chi connectivity index (χ3n) is 5.80. The summed E-state index contributed by atoms with van der Waals surface area (Å²) in [5.41, 5.74) is -0.532. The predicted octanol–water partition coefficient (Wildman–Crippen LogP) is 4.53. The van der Waals surface area contributed by atoms with Crippen LogP contribution in [0.15, 0.2) is 17.1 Å². The molecule has 182 valence electrons. The molecule has 2 rings (SSSR count). The molecule has 0 saturated carbocycles. The summed E-state index contributed by atoms with van der Waals surface area (Å²) < 4.78 is 11.9. The molecule has 2 atom stereocenters. The van der Waals surface area contributed by atoms with Gasteiger partial charge in [0.2, 0.25) is 5.91 Å². The maximum Gasteiger partial charge on any atom is 0.351 e. The number of nitrogens with zero attached hydrogens (tertiary/aromatic N) is 2. The zero-order chi connectivity index (χ0) is 23.0. The number of hydrogen-bond acceptors (Lipinski definition) is 6. The number of aromatic nitrogens is 2. The molecule has 8 heteroatoms. The Hall–Kier alpha value is -1.77. The van der Waals surface area contributed by atoms with Gasteiger partial charge in [-0.05, 0) is 12.5 Å². The smallest absolute Gasteiger partial charge is 0.351 e. The van der Waals surface area contributed by atoms with Crippen LogP contribution in [0, 0.1) is 0 Å². The second-order valence-corrected chi connectivity index (χ2v) is 8.58. The zero-order valence-electron chi connectivity index (χ0n) is 19.6. The SMILES string of the molecule is CCCCCCCCCCCCCCCC(=O)Nc1ccn([C@@H]2CO[C@H](CO)O2)c(=O)n1. The number of anilines is 1.